The van der Waals surface area contributed by atoms with Gasteiger partial charge >= 0.3 is 11.9 Å². The normalized spacial score (nSPS) is 20.3. The van der Waals surface area contributed by atoms with Crippen LogP contribution in [0.4, 0.5) is 5.69 Å². The molecule has 0 bridgehead atoms. The molecule has 1 aromatic carbocycles. The van der Waals surface area contributed by atoms with Crippen molar-refractivity contribution >= 4 is 29.4 Å². The number of amides is 2. The lowest BCUT2D eigenvalue weighted by Crippen LogP contribution is -2.46. The van der Waals surface area contributed by atoms with Crippen LogP contribution in [0.1, 0.15) is 18.4 Å². The van der Waals surface area contributed by atoms with E-state index in [0.717, 1.165) is 0 Å². The maximum Gasteiger partial charge on any atom is 0.326 e. The van der Waals surface area contributed by atoms with Crippen molar-refractivity contribution in [3.8, 4) is 0 Å². The molecule has 0 fully saturated rings. The fourth-order valence-corrected chi connectivity index (χ4v) is 2.33. The second-order valence-electron chi connectivity index (χ2n) is 5.09. The molecule has 1 aliphatic rings. The zero-order chi connectivity index (χ0) is 17.2. The Labute approximate surface area is 129 Å². The average Bonchev–Trinajstić information content (AvgIpc) is 2.69. The molecule has 9 heteroatoms. The Kier molecular flexibility index (Phi) is 4.32. The molecule has 2 atom stereocenters. The molecule has 0 saturated heterocycles. The molecule has 1 heterocycles. The highest BCUT2D eigenvalue weighted by atomic mass is 16.4. The summed E-state index contributed by atoms with van der Waals surface area (Å²) in [5, 5.41) is 32.4. The first-order chi connectivity index (χ1) is 10.7. The fraction of sp³-hybridized carbons (Fsp3) is 0.286. The number of fused-ring (bicyclic) bond motifs is 1. The molecule has 9 nitrogen and oxygen atoms in total. The molecule has 2 amide bonds. The number of anilines is 1. The van der Waals surface area contributed by atoms with E-state index in [1.165, 1.54) is 6.07 Å². The van der Waals surface area contributed by atoms with E-state index in [2.05, 4.69) is 5.32 Å². The third kappa shape index (κ3) is 3.29. The van der Waals surface area contributed by atoms with Crippen LogP contribution in [0.5, 0.6) is 0 Å². The van der Waals surface area contributed by atoms with E-state index in [4.69, 9.17) is 10.2 Å². The lowest BCUT2D eigenvalue weighted by Gasteiger charge is -2.21. The lowest BCUT2D eigenvalue weighted by atomic mass is 9.91. The largest absolute Gasteiger partial charge is 0.481 e. The van der Waals surface area contributed by atoms with Crippen LogP contribution in [-0.2, 0) is 24.8 Å². The molecular formula is C14H14N2O7. The predicted molar refractivity (Wildman–Crippen MR) is 75.4 cm³/mol. The number of aliphatic carboxylic acids is 2. The minimum Gasteiger partial charge on any atom is -0.481 e. The van der Waals surface area contributed by atoms with Gasteiger partial charge in [-0.2, -0.15) is 0 Å². The number of nitrogens with one attached hydrogen (secondary N) is 2. The van der Waals surface area contributed by atoms with E-state index in [1.54, 1.807) is 18.2 Å². The first kappa shape index (κ1) is 16.4. The number of para-hydroxylation sites is 1. The molecule has 0 aromatic heterocycles. The van der Waals surface area contributed by atoms with Crippen molar-refractivity contribution in [2.24, 2.45) is 0 Å². The summed E-state index contributed by atoms with van der Waals surface area (Å²) in [5.41, 5.74) is -1.58. The molecule has 122 valence electrons. The number of hydrogen-bond acceptors (Lipinski definition) is 5. The van der Waals surface area contributed by atoms with Crippen LogP contribution in [0.3, 0.4) is 0 Å². The smallest absolute Gasteiger partial charge is 0.326 e. The summed E-state index contributed by atoms with van der Waals surface area (Å²) in [6, 6.07) is 4.58. The van der Waals surface area contributed by atoms with Crippen LogP contribution in [0.15, 0.2) is 24.3 Å². The Hall–Kier alpha value is -2.94. The minimum absolute atomic E-state index is 0.199. The second-order valence-corrected chi connectivity index (χ2v) is 5.09. The standard InChI is InChI=1S/C14H14N2O7/c17-10(15-9(12(20)21)5-11(18)19)6-14(23)7-3-1-2-4-8(7)16-13(14)22/h1-4,9,23H,5-6H2,(H,15,17)(H,16,22)(H,18,19)(H,20,21)/t9-,14?/m0/s1. The first-order valence-electron chi connectivity index (χ1n) is 6.61. The second kappa shape index (κ2) is 6.05. The Morgan fingerprint density at radius 1 is 1.22 bits per heavy atom. The van der Waals surface area contributed by atoms with Crippen molar-refractivity contribution in [2.75, 3.05) is 5.32 Å². The molecule has 0 aliphatic carbocycles. The number of benzene rings is 1. The van der Waals surface area contributed by atoms with E-state index >= 15 is 0 Å². The van der Waals surface area contributed by atoms with E-state index < -0.39 is 48.2 Å². The average molecular weight is 322 g/mol. The van der Waals surface area contributed by atoms with Gasteiger partial charge in [-0.3, -0.25) is 14.4 Å². The number of rotatable bonds is 6. The quantitative estimate of drug-likeness (QED) is 0.462. The summed E-state index contributed by atoms with van der Waals surface area (Å²) >= 11 is 0. The van der Waals surface area contributed by atoms with Gasteiger partial charge in [0.25, 0.3) is 5.91 Å². The van der Waals surface area contributed by atoms with E-state index in [9.17, 15) is 24.3 Å². The third-order valence-corrected chi connectivity index (χ3v) is 3.42. The Bertz CT molecular complexity index is 687. The van der Waals surface area contributed by atoms with E-state index in [0.29, 0.717) is 5.69 Å². The summed E-state index contributed by atoms with van der Waals surface area (Å²) in [6.07, 6.45) is -1.54. The molecule has 0 spiro atoms. The minimum atomic E-state index is -2.13. The van der Waals surface area contributed by atoms with Gasteiger partial charge in [-0.15, -0.1) is 0 Å². The van der Waals surface area contributed by atoms with E-state index in [1.807, 2.05) is 5.32 Å². The first-order valence-corrected chi connectivity index (χ1v) is 6.61. The lowest BCUT2D eigenvalue weighted by molar-refractivity contribution is -0.148. The van der Waals surface area contributed by atoms with Gasteiger partial charge in [0.15, 0.2) is 5.60 Å². The van der Waals surface area contributed by atoms with Crippen molar-refractivity contribution < 1.29 is 34.5 Å². The maximum atomic E-state index is 11.9. The van der Waals surface area contributed by atoms with Gasteiger partial charge in [0.1, 0.15) is 6.04 Å². The van der Waals surface area contributed by atoms with Crippen molar-refractivity contribution in [1.82, 2.24) is 5.32 Å². The van der Waals surface area contributed by atoms with Gasteiger partial charge in [-0.1, -0.05) is 18.2 Å². The SMILES string of the molecule is O=C(O)C[C@H](NC(=O)CC1(O)C(=O)Nc2ccccc21)C(=O)O. The van der Waals surface area contributed by atoms with Crippen LogP contribution in [0, 0.1) is 0 Å². The predicted octanol–water partition coefficient (Wildman–Crippen LogP) is -0.739. The van der Waals surface area contributed by atoms with Crippen molar-refractivity contribution in [2.45, 2.75) is 24.5 Å². The van der Waals surface area contributed by atoms with Crippen LogP contribution < -0.4 is 10.6 Å². The van der Waals surface area contributed by atoms with Gasteiger partial charge in [0, 0.05) is 11.3 Å². The van der Waals surface area contributed by atoms with Gasteiger partial charge in [0.2, 0.25) is 5.91 Å². The fourth-order valence-electron chi connectivity index (χ4n) is 2.33. The van der Waals surface area contributed by atoms with Crippen LogP contribution in [0.2, 0.25) is 0 Å². The molecule has 1 aliphatic heterocycles. The molecular weight excluding hydrogens is 308 g/mol. The zero-order valence-electron chi connectivity index (χ0n) is 11.8. The number of carbonyl (C=O) groups excluding carboxylic acids is 2. The highest BCUT2D eigenvalue weighted by Crippen LogP contribution is 2.37. The molecule has 2 rings (SSSR count). The van der Waals surface area contributed by atoms with Gasteiger partial charge in [0.05, 0.1) is 12.8 Å². The molecule has 1 aromatic rings. The highest BCUT2D eigenvalue weighted by Gasteiger charge is 2.46. The summed E-state index contributed by atoms with van der Waals surface area (Å²) in [5.74, 6) is -4.68. The number of carbonyl (C=O) groups is 4. The Morgan fingerprint density at radius 2 is 1.87 bits per heavy atom. The summed E-state index contributed by atoms with van der Waals surface area (Å²) in [6.45, 7) is 0. The van der Waals surface area contributed by atoms with Crippen LogP contribution in [-0.4, -0.2) is 45.1 Å². The van der Waals surface area contributed by atoms with E-state index in [-0.39, 0.29) is 5.56 Å². The number of hydrogen-bond donors (Lipinski definition) is 5. The molecule has 0 saturated carbocycles. The zero-order valence-corrected chi connectivity index (χ0v) is 11.8. The van der Waals surface area contributed by atoms with Crippen LogP contribution >= 0.6 is 0 Å². The number of carboxylic acids is 2. The summed E-state index contributed by atoms with van der Waals surface area (Å²) in [4.78, 5) is 45.4. The van der Waals surface area contributed by atoms with Gasteiger partial charge in [-0.05, 0) is 6.07 Å². The van der Waals surface area contributed by atoms with Gasteiger partial charge < -0.3 is 26.0 Å². The van der Waals surface area contributed by atoms with Gasteiger partial charge in [-0.25, -0.2) is 4.79 Å². The maximum absolute atomic E-state index is 11.9. The Morgan fingerprint density at radius 3 is 2.48 bits per heavy atom. The number of aliphatic hydroxyl groups is 1. The monoisotopic (exact) mass is 322 g/mol. The summed E-state index contributed by atoms with van der Waals surface area (Å²) in [7, 11) is 0. The van der Waals surface area contributed by atoms with Crippen molar-refractivity contribution in [3.63, 3.8) is 0 Å². The van der Waals surface area contributed by atoms with Crippen LogP contribution in [0.25, 0.3) is 0 Å². The topological polar surface area (TPSA) is 153 Å². The van der Waals surface area contributed by atoms with Crippen molar-refractivity contribution in [3.05, 3.63) is 29.8 Å². The molecule has 5 N–H and O–H groups in total. The number of carboxylic acid groups (broad SMARTS) is 2. The highest BCUT2D eigenvalue weighted by molar-refractivity contribution is 6.07. The molecule has 1 unspecified atom stereocenters. The van der Waals surface area contributed by atoms with Crippen molar-refractivity contribution in [1.29, 1.82) is 0 Å². The molecule has 23 heavy (non-hydrogen) atoms. The molecule has 0 radical (unpaired) electrons. The third-order valence-electron chi connectivity index (χ3n) is 3.42. The Balaban J connectivity index is 2.14. The summed E-state index contributed by atoms with van der Waals surface area (Å²) < 4.78 is 0.